The number of thioether (sulfide) groups is 1. The molecule has 1 saturated carbocycles. The molecular formula is C15H26N4OS. The molecule has 1 aliphatic rings. The lowest BCUT2D eigenvalue weighted by molar-refractivity contribution is 0.237. The molecule has 21 heavy (non-hydrogen) atoms. The molecular weight excluding hydrogens is 284 g/mol. The van der Waals surface area contributed by atoms with Crippen molar-refractivity contribution < 1.29 is 4.79 Å². The van der Waals surface area contributed by atoms with Crippen LogP contribution in [-0.2, 0) is 13.1 Å². The first-order chi connectivity index (χ1) is 10.1. The van der Waals surface area contributed by atoms with Gasteiger partial charge in [0.1, 0.15) is 0 Å². The van der Waals surface area contributed by atoms with Gasteiger partial charge in [-0.05, 0) is 39.9 Å². The molecule has 0 aliphatic heterocycles. The highest BCUT2D eigenvalue weighted by molar-refractivity contribution is 7.99. The average Bonchev–Trinajstić information content (AvgIpc) is 3.01. The monoisotopic (exact) mass is 310 g/mol. The number of nitrogens with zero attached hydrogens (tertiary/aromatic N) is 2. The van der Waals surface area contributed by atoms with Gasteiger partial charge in [-0.25, -0.2) is 4.79 Å². The van der Waals surface area contributed by atoms with Crippen LogP contribution in [-0.4, -0.2) is 33.4 Å². The fourth-order valence-corrected chi connectivity index (χ4v) is 3.99. The smallest absolute Gasteiger partial charge is 0.315 e. The van der Waals surface area contributed by atoms with E-state index in [9.17, 15) is 4.79 Å². The van der Waals surface area contributed by atoms with Gasteiger partial charge in [0.15, 0.2) is 0 Å². The van der Waals surface area contributed by atoms with E-state index in [1.807, 2.05) is 23.4 Å². The summed E-state index contributed by atoms with van der Waals surface area (Å²) in [6.07, 6.45) is 5.62. The minimum absolute atomic E-state index is 0.0657. The van der Waals surface area contributed by atoms with Gasteiger partial charge in [-0.3, -0.25) is 4.68 Å². The molecule has 0 radical (unpaired) electrons. The average molecular weight is 310 g/mol. The topological polar surface area (TPSA) is 59.0 Å². The summed E-state index contributed by atoms with van der Waals surface area (Å²) < 4.78 is 1.98. The Morgan fingerprint density at radius 2 is 2.19 bits per heavy atom. The van der Waals surface area contributed by atoms with E-state index in [0.29, 0.717) is 17.8 Å². The van der Waals surface area contributed by atoms with Crippen LogP contribution in [0.3, 0.4) is 0 Å². The van der Waals surface area contributed by atoms with E-state index in [0.717, 1.165) is 29.9 Å². The van der Waals surface area contributed by atoms with Crippen LogP contribution in [0, 0.1) is 13.8 Å². The van der Waals surface area contributed by atoms with Gasteiger partial charge < -0.3 is 10.6 Å². The lowest BCUT2D eigenvalue weighted by Crippen LogP contribution is -2.44. The Bertz CT molecular complexity index is 500. The molecule has 0 aromatic carbocycles. The van der Waals surface area contributed by atoms with Gasteiger partial charge in [-0.2, -0.15) is 16.9 Å². The number of nitrogens with one attached hydrogen (secondary N) is 2. The van der Waals surface area contributed by atoms with Crippen molar-refractivity contribution in [3.05, 3.63) is 17.0 Å². The number of hydrogen-bond acceptors (Lipinski definition) is 3. The van der Waals surface area contributed by atoms with Gasteiger partial charge in [0.2, 0.25) is 0 Å². The van der Waals surface area contributed by atoms with E-state index in [1.165, 1.54) is 12.8 Å². The van der Waals surface area contributed by atoms with Gasteiger partial charge in [0.05, 0.1) is 5.69 Å². The number of urea groups is 1. The van der Waals surface area contributed by atoms with Crippen LogP contribution in [0.1, 0.15) is 43.1 Å². The molecule has 1 heterocycles. The predicted octanol–water partition coefficient (Wildman–Crippen LogP) is 2.60. The summed E-state index contributed by atoms with van der Waals surface area (Å²) in [5.41, 5.74) is 3.26. The largest absolute Gasteiger partial charge is 0.334 e. The van der Waals surface area contributed by atoms with E-state index in [-0.39, 0.29) is 6.03 Å². The Morgan fingerprint density at radius 1 is 1.43 bits per heavy atom. The normalized spacial score (nSPS) is 21.5. The lowest BCUT2D eigenvalue weighted by atomic mass is 10.2. The minimum atomic E-state index is -0.0657. The van der Waals surface area contributed by atoms with Crippen molar-refractivity contribution in [1.82, 2.24) is 20.4 Å². The highest BCUT2D eigenvalue weighted by atomic mass is 32.2. The first-order valence-electron chi connectivity index (χ1n) is 7.66. The Balaban J connectivity index is 1.88. The number of rotatable bonds is 5. The van der Waals surface area contributed by atoms with Gasteiger partial charge in [0.25, 0.3) is 0 Å². The van der Waals surface area contributed by atoms with E-state index in [4.69, 9.17) is 0 Å². The Kier molecular flexibility index (Phi) is 5.56. The van der Waals surface area contributed by atoms with Gasteiger partial charge in [0, 0.05) is 35.6 Å². The molecule has 6 heteroatoms. The third-order valence-electron chi connectivity index (χ3n) is 4.33. The lowest BCUT2D eigenvalue weighted by Gasteiger charge is -2.19. The summed E-state index contributed by atoms with van der Waals surface area (Å²) in [6, 6.07) is 0.240. The van der Waals surface area contributed by atoms with E-state index in [1.54, 1.807) is 0 Å². The summed E-state index contributed by atoms with van der Waals surface area (Å²) >= 11 is 1.85. The third kappa shape index (κ3) is 3.73. The number of carbonyl (C=O) groups excluding carboxylic acids is 1. The number of aromatic nitrogens is 2. The summed E-state index contributed by atoms with van der Waals surface area (Å²) in [5.74, 6) is 0. The molecule has 0 saturated heterocycles. The molecule has 118 valence electrons. The Labute approximate surface area is 131 Å². The van der Waals surface area contributed by atoms with Crippen molar-refractivity contribution in [2.75, 3.05) is 6.26 Å². The zero-order valence-corrected chi connectivity index (χ0v) is 14.2. The standard InChI is InChI=1S/C15H26N4OS/c1-5-19-11(3)12(10(2)18-19)9-16-15(20)17-13-7-6-8-14(13)21-4/h13-14H,5-9H2,1-4H3,(H2,16,17,20). The number of amides is 2. The fourth-order valence-electron chi connectivity index (χ4n) is 3.06. The maximum Gasteiger partial charge on any atom is 0.315 e. The quantitative estimate of drug-likeness (QED) is 0.879. The van der Waals surface area contributed by atoms with Crippen LogP contribution in [0.25, 0.3) is 0 Å². The molecule has 2 amide bonds. The summed E-state index contributed by atoms with van der Waals surface area (Å²) in [6.45, 7) is 7.52. The molecule has 1 aromatic heterocycles. The third-order valence-corrected chi connectivity index (χ3v) is 5.50. The van der Waals surface area contributed by atoms with Gasteiger partial charge >= 0.3 is 6.03 Å². The van der Waals surface area contributed by atoms with Crippen molar-refractivity contribution in [1.29, 1.82) is 0 Å². The molecule has 0 bridgehead atoms. The number of hydrogen-bond donors (Lipinski definition) is 2. The van der Waals surface area contributed by atoms with E-state index < -0.39 is 0 Å². The second-order valence-corrected chi connectivity index (χ2v) is 6.68. The van der Waals surface area contributed by atoms with Crippen molar-refractivity contribution in [3.8, 4) is 0 Å². The second kappa shape index (κ2) is 7.20. The Hall–Kier alpha value is -1.17. The van der Waals surface area contributed by atoms with Crippen LogP contribution in [0.4, 0.5) is 4.79 Å². The number of carbonyl (C=O) groups is 1. The molecule has 1 fully saturated rings. The molecule has 2 atom stereocenters. The second-order valence-electron chi connectivity index (χ2n) is 5.60. The van der Waals surface area contributed by atoms with Crippen molar-refractivity contribution in [2.24, 2.45) is 0 Å². The van der Waals surface area contributed by atoms with Crippen molar-refractivity contribution in [3.63, 3.8) is 0 Å². The maximum absolute atomic E-state index is 12.1. The molecule has 0 spiro atoms. The fraction of sp³-hybridized carbons (Fsp3) is 0.733. The van der Waals surface area contributed by atoms with Crippen molar-refractivity contribution in [2.45, 2.75) is 64.4 Å². The molecule has 2 rings (SSSR count). The molecule has 1 aliphatic carbocycles. The molecule has 1 aromatic rings. The van der Waals surface area contributed by atoms with Crippen LogP contribution >= 0.6 is 11.8 Å². The van der Waals surface area contributed by atoms with Crippen LogP contribution in [0.2, 0.25) is 0 Å². The summed E-state index contributed by atoms with van der Waals surface area (Å²) in [7, 11) is 0. The zero-order chi connectivity index (χ0) is 15.4. The van der Waals surface area contributed by atoms with E-state index in [2.05, 4.69) is 35.8 Å². The van der Waals surface area contributed by atoms with E-state index >= 15 is 0 Å². The molecule has 2 unspecified atom stereocenters. The maximum atomic E-state index is 12.1. The molecule has 2 N–H and O–H groups in total. The van der Waals surface area contributed by atoms with Gasteiger partial charge in [-0.1, -0.05) is 6.42 Å². The molecule has 5 nitrogen and oxygen atoms in total. The van der Waals surface area contributed by atoms with Crippen LogP contribution < -0.4 is 10.6 Å². The predicted molar refractivity (Wildman–Crippen MR) is 87.7 cm³/mol. The SMILES string of the molecule is CCn1nc(C)c(CNC(=O)NC2CCCC2SC)c1C. The number of aryl methyl sites for hydroxylation is 2. The zero-order valence-electron chi connectivity index (χ0n) is 13.4. The highest BCUT2D eigenvalue weighted by Gasteiger charge is 2.27. The minimum Gasteiger partial charge on any atom is -0.334 e. The summed E-state index contributed by atoms with van der Waals surface area (Å²) in [5, 5.41) is 11.1. The first kappa shape index (κ1) is 16.2. The Morgan fingerprint density at radius 3 is 2.81 bits per heavy atom. The van der Waals surface area contributed by atoms with Gasteiger partial charge in [-0.15, -0.1) is 0 Å². The first-order valence-corrected chi connectivity index (χ1v) is 8.95. The van der Waals surface area contributed by atoms with Crippen LogP contribution in [0.5, 0.6) is 0 Å². The van der Waals surface area contributed by atoms with Crippen LogP contribution in [0.15, 0.2) is 0 Å². The van der Waals surface area contributed by atoms with Crippen molar-refractivity contribution >= 4 is 17.8 Å². The highest BCUT2D eigenvalue weighted by Crippen LogP contribution is 2.28. The summed E-state index contributed by atoms with van der Waals surface area (Å²) in [4.78, 5) is 12.1.